The molecule has 2 aliphatic heterocycles. The number of aryl methyl sites for hydroxylation is 1. The van der Waals surface area contributed by atoms with Crippen LogP contribution in [-0.4, -0.2) is 51.7 Å². The van der Waals surface area contributed by atoms with Gasteiger partial charge in [-0.05, 0) is 32.4 Å². The Morgan fingerprint density at radius 1 is 1.53 bits per heavy atom. The molecule has 2 saturated heterocycles. The van der Waals surface area contributed by atoms with Crippen LogP contribution in [0.5, 0.6) is 0 Å². The van der Waals surface area contributed by atoms with E-state index in [1.807, 2.05) is 0 Å². The predicted octanol–water partition coefficient (Wildman–Crippen LogP) is 1.02. The zero-order valence-corrected chi connectivity index (χ0v) is 10.9. The van der Waals surface area contributed by atoms with Crippen LogP contribution in [0.4, 0.5) is 0 Å². The Kier molecular flexibility index (Phi) is 3.20. The second kappa shape index (κ2) is 4.86. The van der Waals surface area contributed by atoms with Gasteiger partial charge in [-0.1, -0.05) is 0 Å². The first-order chi connectivity index (χ1) is 9.13. The lowest BCUT2D eigenvalue weighted by Gasteiger charge is -2.34. The molecule has 3 rings (SSSR count). The van der Waals surface area contributed by atoms with Gasteiger partial charge in [0.1, 0.15) is 6.10 Å². The van der Waals surface area contributed by atoms with Crippen molar-refractivity contribution >= 4 is 5.97 Å². The van der Waals surface area contributed by atoms with E-state index in [4.69, 9.17) is 9.84 Å². The molecular weight excluding hydrogens is 246 g/mol. The lowest BCUT2D eigenvalue weighted by Crippen LogP contribution is -2.43. The second-order valence-electron chi connectivity index (χ2n) is 5.17. The molecule has 1 aromatic rings. The van der Waals surface area contributed by atoms with Gasteiger partial charge < -0.3 is 9.84 Å². The molecule has 0 aliphatic carbocycles. The highest BCUT2D eigenvalue weighted by Crippen LogP contribution is 2.28. The lowest BCUT2D eigenvalue weighted by molar-refractivity contribution is -0.0542. The van der Waals surface area contributed by atoms with Gasteiger partial charge in [0.25, 0.3) is 0 Å². The van der Waals surface area contributed by atoms with Gasteiger partial charge in [-0.2, -0.15) is 0 Å². The molecule has 0 radical (unpaired) electrons. The summed E-state index contributed by atoms with van der Waals surface area (Å²) in [6.07, 6.45) is 2.17. The molecule has 6 heteroatoms. The van der Waals surface area contributed by atoms with Crippen LogP contribution in [0.1, 0.15) is 41.0 Å². The summed E-state index contributed by atoms with van der Waals surface area (Å²) in [5.41, 5.74) is 0.698. The molecule has 0 saturated carbocycles. The van der Waals surface area contributed by atoms with Crippen LogP contribution in [0.2, 0.25) is 0 Å². The largest absolute Gasteiger partial charge is 0.477 e. The van der Waals surface area contributed by atoms with E-state index in [1.54, 1.807) is 6.92 Å². The predicted molar refractivity (Wildman–Crippen MR) is 67.0 cm³/mol. The van der Waals surface area contributed by atoms with Crippen LogP contribution in [0.3, 0.4) is 0 Å². The van der Waals surface area contributed by atoms with Gasteiger partial charge in [-0.25, -0.2) is 14.8 Å². The molecule has 19 heavy (non-hydrogen) atoms. The van der Waals surface area contributed by atoms with Gasteiger partial charge in [0.15, 0.2) is 11.5 Å². The highest BCUT2D eigenvalue weighted by atomic mass is 16.5. The van der Waals surface area contributed by atoms with Crippen LogP contribution in [0.15, 0.2) is 6.07 Å². The number of fused-ring (bicyclic) bond motifs is 1. The van der Waals surface area contributed by atoms with Crippen LogP contribution in [0, 0.1) is 6.92 Å². The summed E-state index contributed by atoms with van der Waals surface area (Å²) in [6.45, 7) is 4.30. The van der Waals surface area contributed by atoms with Crippen molar-refractivity contribution in [1.82, 2.24) is 14.9 Å². The molecule has 0 spiro atoms. The zero-order chi connectivity index (χ0) is 13.4. The van der Waals surface area contributed by atoms with E-state index < -0.39 is 5.97 Å². The molecule has 0 bridgehead atoms. The van der Waals surface area contributed by atoms with Crippen LogP contribution >= 0.6 is 0 Å². The molecule has 0 amide bonds. The number of carboxylic acid groups (broad SMARTS) is 1. The van der Waals surface area contributed by atoms with Crippen molar-refractivity contribution in [3.8, 4) is 0 Å². The van der Waals surface area contributed by atoms with Crippen molar-refractivity contribution in [3.63, 3.8) is 0 Å². The van der Waals surface area contributed by atoms with E-state index in [2.05, 4.69) is 14.9 Å². The molecule has 1 aromatic heterocycles. The number of aromatic nitrogens is 2. The van der Waals surface area contributed by atoms with Crippen molar-refractivity contribution in [2.24, 2.45) is 0 Å². The number of morpholine rings is 1. The number of carbonyl (C=O) groups is 1. The standard InChI is InChI=1S/C13H17N3O3/c1-8-5-10(13(17)18)15-12(14-8)11-6-16-4-2-3-9(16)7-19-11/h5,9,11H,2-4,6-7H2,1H3,(H,17,18). The Morgan fingerprint density at radius 2 is 2.37 bits per heavy atom. The Balaban J connectivity index is 1.83. The molecular formula is C13H17N3O3. The summed E-state index contributed by atoms with van der Waals surface area (Å²) in [7, 11) is 0. The van der Waals surface area contributed by atoms with E-state index in [0.717, 1.165) is 13.1 Å². The number of hydrogen-bond acceptors (Lipinski definition) is 5. The average Bonchev–Trinajstić information content (AvgIpc) is 2.85. The smallest absolute Gasteiger partial charge is 0.354 e. The minimum absolute atomic E-state index is 0.0367. The summed E-state index contributed by atoms with van der Waals surface area (Å²) < 4.78 is 5.81. The van der Waals surface area contributed by atoms with Crippen LogP contribution in [-0.2, 0) is 4.74 Å². The maximum absolute atomic E-state index is 11.0. The van der Waals surface area contributed by atoms with Gasteiger partial charge >= 0.3 is 5.97 Å². The van der Waals surface area contributed by atoms with Crippen molar-refractivity contribution in [1.29, 1.82) is 0 Å². The fourth-order valence-electron chi connectivity index (χ4n) is 2.82. The Morgan fingerprint density at radius 3 is 3.16 bits per heavy atom. The number of nitrogens with zero attached hydrogens (tertiary/aromatic N) is 3. The molecule has 3 heterocycles. The third-order valence-corrected chi connectivity index (χ3v) is 3.77. The molecule has 6 nitrogen and oxygen atoms in total. The van der Waals surface area contributed by atoms with Gasteiger partial charge in [-0.3, -0.25) is 4.90 Å². The third-order valence-electron chi connectivity index (χ3n) is 3.77. The Labute approximate surface area is 111 Å². The fourth-order valence-corrected chi connectivity index (χ4v) is 2.82. The van der Waals surface area contributed by atoms with Gasteiger partial charge in [0.05, 0.1) is 6.61 Å². The maximum Gasteiger partial charge on any atom is 0.354 e. The van der Waals surface area contributed by atoms with E-state index in [0.29, 0.717) is 24.2 Å². The monoisotopic (exact) mass is 263 g/mol. The van der Waals surface area contributed by atoms with Crippen molar-refractivity contribution in [2.75, 3.05) is 19.7 Å². The van der Waals surface area contributed by atoms with Crippen molar-refractivity contribution < 1.29 is 14.6 Å². The SMILES string of the molecule is Cc1cc(C(=O)O)nc(C2CN3CCCC3CO2)n1. The molecule has 2 atom stereocenters. The third kappa shape index (κ3) is 2.46. The minimum atomic E-state index is -1.03. The Hall–Kier alpha value is -1.53. The van der Waals surface area contributed by atoms with Gasteiger partial charge in [0, 0.05) is 18.3 Å². The van der Waals surface area contributed by atoms with Crippen LogP contribution in [0.25, 0.3) is 0 Å². The quantitative estimate of drug-likeness (QED) is 0.858. The number of carboxylic acids is 1. The van der Waals surface area contributed by atoms with E-state index in [9.17, 15) is 4.79 Å². The van der Waals surface area contributed by atoms with Crippen molar-refractivity contribution in [3.05, 3.63) is 23.3 Å². The number of hydrogen-bond donors (Lipinski definition) is 1. The zero-order valence-electron chi connectivity index (χ0n) is 10.9. The topological polar surface area (TPSA) is 75.5 Å². The summed E-state index contributed by atoms with van der Waals surface area (Å²) >= 11 is 0. The first-order valence-electron chi connectivity index (χ1n) is 6.58. The highest BCUT2D eigenvalue weighted by Gasteiger charge is 2.34. The summed E-state index contributed by atoms with van der Waals surface area (Å²) in [5.74, 6) is -0.538. The number of rotatable bonds is 2. The Bertz CT molecular complexity index is 506. The van der Waals surface area contributed by atoms with E-state index in [-0.39, 0.29) is 11.8 Å². The first kappa shape index (κ1) is 12.5. The lowest BCUT2D eigenvalue weighted by atomic mass is 10.1. The summed E-state index contributed by atoms with van der Waals surface area (Å²) in [4.78, 5) is 21.9. The minimum Gasteiger partial charge on any atom is -0.477 e. The molecule has 1 N–H and O–H groups in total. The maximum atomic E-state index is 11.0. The highest BCUT2D eigenvalue weighted by molar-refractivity contribution is 5.85. The summed E-state index contributed by atoms with van der Waals surface area (Å²) in [6, 6.07) is 1.99. The molecule has 102 valence electrons. The van der Waals surface area contributed by atoms with Gasteiger partial charge in [0.2, 0.25) is 0 Å². The van der Waals surface area contributed by atoms with Crippen LogP contribution < -0.4 is 0 Å². The van der Waals surface area contributed by atoms with E-state index >= 15 is 0 Å². The normalized spacial score (nSPS) is 27.2. The average molecular weight is 263 g/mol. The molecule has 2 aliphatic rings. The van der Waals surface area contributed by atoms with Crippen molar-refractivity contribution in [2.45, 2.75) is 31.9 Å². The van der Waals surface area contributed by atoms with Gasteiger partial charge in [-0.15, -0.1) is 0 Å². The molecule has 2 fully saturated rings. The summed E-state index contributed by atoms with van der Waals surface area (Å²) in [5, 5.41) is 9.04. The number of ether oxygens (including phenoxy) is 1. The number of aromatic carboxylic acids is 1. The second-order valence-corrected chi connectivity index (χ2v) is 5.17. The molecule has 2 unspecified atom stereocenters. The van der Waals surface area contributed by atoms with E-state index in [1.165, 1.54) is 18.9 Å². The fraction of sp³-hybridized carbons (Fsp3) is 0.615. The molecule has 0 aromatic carbocycles. The first-order valence-corrected chi connectivity index (χ1v) is 6.58.